The second kappa shape index (κ2) is 6.98. The van der Waals surface area contributed by atoms with E-state index >= 15 is 0 Å². The zero-order chi connectivity index (χ0) is 21.9. The number of nitrogens with zero attached hydrogens (tertiary/aromatic N) is 3. The summed E-state index contributed by atoms with van der Waals surface area (Å²) in [6.45, 7) is 1.34. The number of aromatic nitrogens is 1. The molecule has 3 aliphatic heterocycles. The number of benzene rings is 1. The Morgan fingerprint density at radius 1 is 1.10 bits per heavy atom. The zero-order valence-electron chi connectivity index (χ0n) is 17.1. The molecule has 0 radical (unpaired) electrons. The van der Waals surface area contributed by atoms with Gasteiger partial charge in [-0.2, -0.15) is 0 Å². The minimum absolute atomic E-state index is 0.0615. The monoisotopic (exact) mass is 447 g/mol. The van der Waals surface area contributed by atoms with Crippen LogP contribution in [0.3, 0.4) is 0 Å². The van der Waals surface area contributed by atoms with Crippen molar-refractivity contribution in [2.24, 2.45) is 4.40 Å². The highest BCUT2D eigenvalue weighted by molar-refractivity contribution is 7.90. The van der Waals surface area contributed by atoms with Crippen molar-refractivity contribution < 1.29 is 21.9 Å². The highest BCUT2D eigenvalue weighted by atomic mass is 32.2. The standard InChI is InChI=1S/C22H23F2N3O3S/c1-21(23,24)15-2-4-17(5-3-15)30-18-6-7-19(25-14-18)22-10-8-16(9-11-22)27-12-13-31(28,29)26-20(22)27/h2-7,14,16H,8-13H2,1H3. The molecular weight excluding hydrogens is 424 g/mol. The molecule has 2 aromatic rings. The number of piperidine rings is 2. The first-order valence-corrected chi connectivity index (χ1v) is 12.0. The van der Waals surface area contributed by atoms with Crippen LogP contribution in [-0.4, -0.2) is 42.5 Å². The summed E-state index contributed by atoms with van der Waals surface area (Å²) in [7, 11) is -3.44. The van der Waals surface area contributed by atoms with Crippen LogP contribution in [0.4, 0.5) is 8.78 Å². The summed E-state index contributed by atoms with van der Waals surface area (Å²) in [4.78, 5) is 6.77. The average molecular weight is 448 g/mol. The van der Waals surface area contributed by atoms with E-state index < -0.39 is 21.4 Å². The molecule has 0 atom stereocenters. The smallest absolute Gasteiger partial charge is 0.270 e. The van der Waals surface area contributed by atoms with Crippen molar-refractivity contribution >= 4 is 15.9 Å². The van der Waals surface area contributed by atoms with E-state index in [-0.39, 0.29) is 11.3 Å². The first kappa shape index (κ1) is 20.4. The summed E-state index contributed by atoms with van der Waals surface area (Å²) in [6, 6.07) is 9.68. The van der Waals surface area contributed by atoms with Crippen LogP contribution in [0, 0.1) is 0 Å². The van der Waals surface area contributed by atoms with Gasteiger partial charge in [0.2, 0.25) is 0 Å². The van der Waals surface area contributed by atoms with Gasteiger partial charge in [0.15, 0.2) is 0 Å². The molecule has 1 saturated carbocycles. The Labute approximate surface area is 180 Å². The second-order valence-electron chi connectivity index (χ2n) is 8.60. The predicted molar refractivity (Wildman–Crippen MR) is 112 cm³/mol. The fourth-order valence-electron chi connectivity index (χ4n) is 4.94. The van der Waals surface area contributed by atoms with Gasteiger partial charge in [0.05, 0.1) is 23.1 Å². The predicted octanol–water partition coefficient (Wildman–Crippen LogP) is 4.22. The van der Waals surface area contributed by atoms with Crippen LogP contribution in [-0.2, 0) is 21.4 Å². The van der Waals surface area contributed by atoms with Gasteiger partial charge >= 0.3 is 0 Å². The van der Waals surface area contributed by atoms with Crippen LogP contribution in [0.1, 0.15) is 43.9 Å². The number of sulfonamides is 1. The minimum Gasteiger partial charge on any atom is -0.456 e. The number of hydrogen-bond acceptors (Lipinski definition) is 5. The first-order valence-electron chi connectivity index (χ1n) is 10.4. The van der Waals surface area contributed by atoms with Crippen LogP contribution in [0.2, 0.25) is 0 Å². The van der Waals surface area contributed by atoms with E-state index in [9.17, 15) is 17.2 Å². The molecule has 2 saturated heterocycles. The van der Waals surface area contributed by atoms with E-state index in [4.69, 9.17) is 4.74 Å². The maximum Gasteiger partial charge on any atom is 0.270 e. The molecule has 9 heteroatoms. The Kier molecular flexibility index (Phi) is 4.58. The summed E-state index contributed by atoms with van der Waals surface area (Å²) in [6.07, 6.45) is 5.22. The molecule has 6 nitrogen and oxygen atoms in total. The van der Waals surface area contributed by atoms with Crippen molar-refractivity contribution in [3.05, 3.63) is 53.9 Å². The Hall–Kier alpha value is -2.55. The van der Waals surface area contributed by atoms with Gasteiger partial charge in [-0.05, 0) is 62.1 Å². The fourth-order valence-corrected chi connectivity index (χ4v) is 6.01. The van der Waals surface area contributed by atoms with E-state index in [0.717, 1.165) is 38.3 Å². The number of pyridine rings is 1. The van der Waals surface area contributed by atoms with Crippen LogP contribution >= 0.6 is 0 Å². The van der Waals surface area contributed by atoms with E-state index in [1.54, 1.807) is 12.3 Å². The maximum absolute atomic E-state index is 13.4. The number of fused-ring (bicyclic) bond motifs is 2. The minimum atomic E-state index is -3.44. The molecule has 0 spiro atoms. The molecule has 1 aromatic carbocycles. The number of rotatable bonds is 4. The van der Waals surface area contributed by atoms with Crippen molar-refractivity contribution in [1.29, 1.82) is 0 Å². The number of alkyl halides is 2. The lowest BCUT2D eigenvalue weighted by Crippen LogP contribution is -2.63. The number of amidine groups is 1. The van der Waals surface area contributed by atoms with Gasteiger partial charge in [0.1, 0.15) is 17.3 Å². The van der Waals surface area contributed by atoms with E-state index in [2.05, 4.69) is 14.3 Å². The van der Waals surface area contributed by atoms with Crippen molar-refractivity contribution in [3.63, 3.8) is 0 Å². The van der Waals surface area contributed by atoms with Crippen LogP contribution in [0.5, 0.6) is 11.5 Å². The van der Waals surface area contributed by atoms with Gasteiger partial charge in [-0.25, -0.2) is 17.2 Å². The van der Waals surface area contributed by atoms with Gasteiger partial charge < -0.3 is 9.64 Å². The molecule has 1 aliphatic carbocycles. The Balaban J connectivity index is 1.41. The molecule has 2 bridgehead atoms. The molecule has 3 fully saturated rings. The SMILES string of the molecule is CC(F)(F)c1ccc(Oc2ccc(C34CCC(CC3)N3CCS(=O)(=O)N=C34)nc2)cc1. The normalized spacial score (nSPS) is 26.9. The molecule has 0 N–H and O–H groups in total. The summed E-state index contributed by atoms with van der Waals surface area (Å²) in [5.74, 6) is -1.28. The second-order valence-corrected chi connectivity index (χ2v) is 10.4. The average Bonchev–Trinajstić information content (AvgIpc) is 2.74. The third kappa shape index (κ3) is 3.58. The van der Waals surface area contributed by atoms with Crippen LogP contribution < -0.4 is 4.74 Å². The summed E-state index contributed by atoms with van der Waals surface area (Å²) < 4.78 is 61.1. The molecule has 164 valence electrons. The summed E-state index contributed by atoms with van der Waals surface area (Å²) in [5, 5.41) is 0. The molecule has 1 aromatic heterocycles. The van der Waals surface area contributed by atoms with Crippen molar-refractivity contribution in [2.45, 2.75) is 50.0 Å². The highest BCUT2D eigenvalue weighted by Crippen LogP contribution is 2.48. The third-order valence-electron chi connectivity index (χ3n) is 6.59. The lowest BCUT2D eigenvalue weighted by Gasteiger charge is -2.54. The van der Waals surface area contributed by atoms with Gasteiger partial charge in [-0.15, -0.1) is 4.40 Å². The van der Waals surface area contributed by atoms with Gasteiger partial charge in [-0.1, -0.05) is 0 Å². The number of hydrogen-bond donors (Lipinski definition) is 0. The maximum atomic E-state index is 13.4. The van der Waals surface area contributed by atoms with Crippen molar-refractivity contribution in [1.82, 2.24) is 9.88 Å². The summed E-state index contributed by atoms with van der Waals surface area (Å²) in [5.41, 5.74) is 0.225. The van der Waals surface area contributed by atoms with Gasteiger partial charge in [0.25, 0.3) is 15.9 Å². The van der Waals surface area contributed by atoms with Gasteiger partial charge in [0, 0.05) is 25.1 Å². The lowest BCUT2D eigenvalue weighted by atomic mass is 9.64. The van der Waals surface area contributed by atoms with E-state index in [1.165, 1.54) is 24.3 Å². The van der Waals surface area contributed by atoms with Crippen LogP contribution in [0.15, 0.2) is 47.0 Å². The highest BCUT2D eigenvalue weighted by Gasteiger charge is 2.53. The zero-order valence-corrected chi connectivity index (χ0v) is 17.9. The fraction of sp³-hybridized carbons (Fsp3) is 0.455. The van der Waals surface area contributed by atoms with E-state index in [0.29, 0.717) is 29.9 Å². The molecular formula is C22H23F2N3O3S. The van der Waals surface area contributed by atoms with Gasteiger partial charge in [-0.3, -0.25) is 4.98 Å². The topological polar surface area (TPSA) is 71.9 Å². The molecule has 0 unspecified atom stereocenters. The summed E-state index contributed by atoms with van der Waals surface area (Å²) >= 11 is 0. The number of halogens is 2. The number of ether oxygens (including phenoxy) is 1. The van der Waals surface area contributed by atoms with Crippen molar-refractivity contribution in [2.75, 3.05) is 12.3 Å². The van der Waals surface area contributed by atoms with Crippen LogP contribution in [0.25, 0.3) is 0 Å². The van der Waals surface area contributed by atoms with E-state index in [1.807, 2.05) is 6.07 Å². The Morgan fingerprint density at radius 3 is 2.39 bits per heavy atom. The Bertz CT molecular complexity index is 1120. The molecule has 4 heterocycles. The molecule has 6 rings (SSSR count). The molecule has 0 amide bonds. The molecule has 4 aliphatic rings. The Morgan fingerprint density at radius 2 is 1.77 bits per heavy atom. The first-order chi connectivity index (χ1) is 14.7. The lowest BCUT2D eigenvalue weighted by molar-refractivity contribution is 0.0174. The third-order valence-corrected chi connectivity index (χ3v) is 7.74. The molecule has 31 heavy (non-hydrogen) atoms. The van der Waals surface area contributed by atoms with Crippen molar-refractivity contribution in [3.8, 4) is 11.5 Å². The quantitative estimate of drug-likeness (QED) is 0.702. The largest absolute Gasteiger partial charge is 0.456 e.